The first-order valence-corrected chi connectivity index (χ1v) is 10.1. The first-order chi connectivity index (χ1) is 13.6. The van der Waals surface area contributed by atoms with Crippen molar-refractivity contribution >= 4 is 0 Å². The van der Waals surface area contributed by atoms with E-state index in [1.807, 2.05) is 19.1 Å². The lowest BCUT2D eigenvalue weighted by Crippen LogP contribution is -2.34. The number of aryl methyl sites for hydroxylation is 1. The molecule has 1 aliphatic rings. The maximum atomic E-state index is 5.47. The van der Waals surface area contributed by atoms with Crippen LogP contribution in [0.25, 0.3) is 23.0 Å². The standard InChI is InChI=1S/C22H27N5O/c1-14(2)11-16-7-9-17(10-8-16)22-26-21(27-28-22)20-15(3)25-19(13-24-20)12-23-18-5-4-6-18/h7-10,13-14,18,23H,4-6,11-12H2,1-3H3. The van der Waals surface area contributed by atoms with E-state index >= 15 is 0 Å². The molecule has 6 heteroatoms. The van der Waals surface area contributed by atoms with Crippen LogP contribution in [0.4, 0.5) is 0 Å². The highest BCUT2D eigenvalue weighted by Crippen LogP contribution is 2.24. The van der Waals surface area contributed by atoms with Crippen LogP contribution in [0.1, 0.15) is 50.1 Å². The second-order valence-electron chi connectivity index (χ2n) is 8.02. The number of rotatable bonds is 7. The smallest absolute Gasteiger partial charge is 0.258 e. The maximum absolute atomic E-state index is 5.47. The Morgan fingerprint density at radius 1 is 1.14 bits per heavy atom. The minimum Gasteiger partial charge on any atom is -0.334 e. The van der Waals surface area contributed by atoms with Gasteiger partial charge < -0.3 is 9.84 Å². The Morgan fingerprint density at radius 2 is 1.93 bits per heavy atom. The minimum atomic E-state index is 0.477. The van der Waals surface area contributed by atoms with Crippen LogP contribution in [0.15, 0.2) is 35.0 Å². The second kappa shape index (κ2) is 8.19. The summed E-state index contributed by atoms with van der Waals surface area (Å²) in [7, 11) is 0. The highest BCUT2D eigenvalue weighted by atomic mass is 16.5. The summed E-state index contributed by atoms with van der Waals surface area (Å²) >= 11 is 0. The molecule has 4 rings (SSSR count). The van der Waals surface area contributed by atoms with Crippen molar-refractivity contribution in [2.45, 2.75) is 59.0 Å². The molecular formula is C22H27N5O. The van der Waals surface area contributed by atoms with E-state index in [1.54, 1.807) is 6.20 Å². The summed E-state index contributed by atoms with van der Waals surface area (Å²) in [5.41, 5.74) is 4.65. The largest absolute Gasteiger partial charge is 0.334 e. The van der Waals surface area contributed by atoms with E-state index in [9.17, 15) is 0 Å². The van der Waals surface area contributed by atoms with Crippen molar-refractivity contribution < 1.29 is 4.52 Å². The molecule has 0 radical (unpaired) electrons. The zero-order chi connectivity index (χ0) is 19.5. The normalized spacial score (nSPS) is 14.4. The van der Waals surface area contributed by atoms with Gasteiger partial charge >= 0.3 is 0 Å². The van der Waals surface area contributed by atoms with Gasteiger partial charge in [-0.15, -0.1) is 0 Å². The van der Waals surface area contributed by atoms with E-state index in [0.717, 1.165) is 29.9 Å². The van der Waals surface area contributed by atoms with Gasteiger partial charge in [0.05, 0.1) is 17.6 Å². The highest BCUT2D eigenvalue weighted by Gasteiger charge is 2.18. The fraction of sp³-hybridized carbons (Fsp3) is 0.455. The SMILES string of the molecule is Cc1nc(CNC2CCC2)cnc1-c1noc(-c2ccc(CC(C)C)cc2)n1. The fourth-order valence-corrected chi connectivity index (χ4v) is 3.39. The third kappa shape index (κ3) is 4.28. The molecule has 2 heterocycles. The monoisotopic (exact) mass is 377 g/mol. The van der Waals surface area contributed by atoms with Crippen molar-refractivity contribution in [3.8, 4) is 23.0 Å². The van der Waals surface area contributed by atoms with Crippen LogP contribution < -0.4 is 5.32 Å². The summed E-state index contributed by atoms with van der Waals surface area (Å²) in [5, 5.41) is 7.63. The Morgan fingerprint density at radius 3 is 2.57 bits per heavy atom. The molecule has 0 saturated heterocycles. The van der Waals surface area contributed by atoms with Crippen LogP contribution in [-0.4, -0.2) is 26.2 Å². The molecule has 1 fully saturated rings. The molecule has 1 N–H and O–H groups in total. The van der Waals surface area contributed by atoms with E-state index in [0.29, 0.717) is 29.4 Å². The predicted molar refractivity (Wildman–Crippen MR) is 109 cm³/mol. The molecule has 3 aromatic rings. The number of hydrogen-bond donors (Lipinski definition) is 1. The first-order valence-electron chi connectivity index (χ1n) is 10.1. The predicted octanol–water partition coefficient (Wildman–Crippen LogP) is 4.34. The second-order valence-corrected chi connectivity index (χ2v) is 8.02. The molecule has 6 nitrogen and oxygen atoms in total. The molecule has 0 atom stereocenters. The molecule has 1 aromatic carbocycles. The van der Waals surface area contributed by atoms with Gasteiger partial charge in [-0.25, -0.2) is 4.98 Å². The molecule has 28 heavy (non-hydrogen) atoms. The van der Waals surface area contributed by atoms with Gasteiger partial charge in [0.15, 0.2) is 0 Å². The molecule has 0 aliphatic heterocycles. The highest BCUT2D eigenvalue weighted by molar-refractivity contribution is 5.58. The lowest BCUT2D eigenvalue weighted by atomic mass is 9.93. The summed E-state index contributed by atoms with van der Waals surface area (Å²) < 4.78 is 5.47. The van der Waals surface area contributed by atoms with Crippen LogP contribution in [-0.2, 0) is 13.0 Å². The van der Waals surface area contributed by atoms with Gasteiger partial charge in [0.2, 0.25) is 5.82 Å². The van der Waals surface area contributed by atoms with Crippen LogP contribution >= 0.6 is 0 Å². The number of nitrogens with zero attached hydrogens (tertiary/aromatic N) is 4. The number of hydrogen-bond acceptors (Lipinski definition) is 6. The van der Waals surface area contributed by atoms with Crippen LogP contribution in [0.2, 0.25) is 0 Å². The van der Waals surface area contributed by atoms with Crippen molar-refractivity contribution in [3.05, 3.63) is 47.4 Å². The van der Waals surface area contributed by atoms with Crippen molar-refractivity contribution in [1.82, 2.24) is 25.4 Å². The number of aromatic nitrogens is 4. The van der Waals surface area contributed by atoms with Crippen molar-refractivity contribution in [1.29, 1.82) is 0 Å². The molecule has 0 bridgehead atoms. The molecule has 146 valence electrons. The summed E-state index contributed by atoms with van der Waals surface area (Å²) in [6, 6.07) is 8.93. The number of benzene rings is 1. The van der Waals surface area contributed by atoms with Crippen LogP contribution in [0.3, 0.4) is 0 Å². The Hall–Kier alpha value is -2.60. The Balaban J connectivity index is 1.47. The van der Waals surface area contributed by atoms with E-state index in [2.05, 4.69) is 51.4 Å². The van der Waals surface area contributed by atoms with E-state index < -0.39 is 0 Å². The van der Waals surface area contributed by atoms with Gasteiger partial charge in [0.1, 0.15) is 5.69 Å². The Bertz CT molecular complexity index is 928. The average molecular weight is 377 g/mol. The van der Waals surface area contributed by atoms with Gasteiger partial charge in [-0.2, -0.15) is 4.98 Å². The molecule has 2 aromatic heterocycles. The quantitative estimate of drug-likeness (QED) is 0.660. The van der Waals surface area contributed by atoms with Crippen LogP contribution in [0, 0.1) is 12.8 Å². The zero-order valence-electron chi connectivity index (χ0n) is 16.8. The van der Waals surface area contributed by atoms with Gasteiger partial charge in [-0.3, -0.25) is 4.98 Å². The molecule has 0 spiro atoms. The summed E-state index contributed by atoms with van der Waals surface area (Å²) in [4.78, 5) is 13.7. The third-order valence-electron chi connectivity index (χ3n) is 5.16. The number of nitrogens with one attached hydrogen (secondary N) is 1. The first kappa shape index (κ1) is 18.7. The maximum Gasteiger partial charge on any atom is 0.258 e. The van der Waals surface area contributed by atoms with Crippen LogP contribution in [0.5, 0.6) is 0 Å². The van der Waals surface area contributed by atoms with E-state index in [4.69, 9.17) is 4.52 Å². The minimum absolute atomic E-state index is 0.477. The van der Waals surface area contributed by atoms with E-state index in [-0.39, 0.29) is 0 Å². The zero-order valence-corrected chi connectivity index (χ0v) is 16.8. The van der Waals surface area contributed by atoms with Crippen molar-refractivity contribution in [2.24, 2.45) is 5.92 Å². The Labute approximate surface area is 165 Å². The molecule has 1 aliphatic carbocycles. The average Bonchev–Trinajstić information content (AvgIpc) is 3.10. The molecule has 1 saturated carbocycles. The fourth-order valence-electron chi connectivity index (χ4n) is 3.39. The van der Waals surface area contributed by atoms with Gasteiger partial charge in [-0.1, -0.05) is 37.6 Å². The summed E-state index contributed by atoms with van der Waals surface area (Å²) in [5.74, 6) is 1.61. The molecular weight excluding hydrogens is 350 g/mol. The van der Waals surface area contributed by atoms with Gasteiger partial charge in [0, 0.05) is 18.2 Å². The van der Waals surface area contributed by atoms with Crippen molar-refractivity contribution in [3.63, 3.8) is 0 Å². The topological polar surface area (TPSA) is 76.7 Å². The summed E-state index contributed by atoms with van der Waals surface area (Å²) in [6.07, 6.45) is 6.70. The third-order valence-corrected chi connectivity index (χ3v) is 5.16. The van der Waals surface area contributed by atoms with Crippen molar-refractivity contribution in [2.75, 3.05) is 0 Å². The van der Waals surface area contributed by atoms with Gasteiger partial charge in [-0.05, 0) is 49.8 Å². The summed E-state index contributed by atoms with van der Waals surface area (Å²) in [6.45, 7) is 7.12. The lowest BCUT2D eigenvalue weighted by molar-refractivity contribution is 0.336. The lowest BCUT2D eigenvalue weighted by Gasteiger charge is -2.26. The van der Waals surface area contributed by atoms with Gasteiger partial charge in [0.25, 0.3) is 5.89 Å². The molecule has 0 unspecified atom stereocenters. The molecule has 0 amide bonds. The van der Waals surface area contributed by atoms with E-state index in [1.165, 1.54) is 24.8 Å². The Kier molecular flexibility index (Phi) is 5.48.